The molecule has 1 aromatic rings. The smallest absolute Gasteiger partial charge is 0.396 e. The minimum atomic E-state index is -4.83. The van der Waals surface area contributed by atoms with Gasteiger partial charge in [0.2, 0.25) is 0 Å². The number of nitrogens with zero attached hydrogens (tertiary/aromatic N) is 1. The number of rotatable bonds is 1. The van der Waals surface area contributed by atoms with Crippen LogP contribution in [0.2, 0.25) is 5.15 Å². The van der Waals surface area contributed by atoms with Crippen LogP contribution in [-0.4, -0.2) is 4.98 Å². The number of aromatic nitrogens is 1. The van der Waals surface area contributed by atoms with Gasteiger partial charge in [0.05, 0.1) is 5.69 Å². The summed E-state index contributed by atoms with van der Waals surface area (Å²) in [5, 5.41) is -0.778. The van der Waals surface area contributed by atoms with Crippen molar-refractivity contribution in [1.29, 1.82) is 0 Å². The van der Waals surface area contributed by atoms with E-state index in [4.69, 9.17) is 17.3 Å². The van der Waals surface area contributed by atoms with Gasteiger partial charge in [0.1, 0.15) is 5.69 Å². The van der Waals surface area contributed by atoms with Crippen LogP contribution in [0.25, 0.3) is 0 Å². The molecule has 15 heavy (non-hydrogen) atoms. The summed E-state index contributed by atoms with van der Waals surface area (Å²) in [5.74, 6) is 0. The summed E-state index contributed by atoms with van der Waals surface area (Å²) in [7, 11) is 0. The van der Waals surface area contributed by atoms with Crippen LogP contribution in [0.15, 0.2) is 6.07 Å². The summed E-state index contributed by atoms with van der Waals surface area (Å²) < 4.78 is 60.9. The van der Waals surface area contributed by atoms with Gasteiger partial charge in [0.25, 0.3) is 6.43 Å². The standard InChI is InChI=1S/C7H4ClF5N2/c8-5-4(14)2(6(9)10)1-3(15-5)7(11,12)13/h1,6H,14H2. The number of hydrogen-bond donors (Lipinski definition) is 1. The van der Waals surface area contributed by atoms with Crippen molar-refractivity contribution in [2.24, 2.45) is 0 Å². The fraction of sp³-hybridized carbons (Fsp3) is 0.286. The average Bonchev–Trinajstić information content (AvgIpc) is 2.06. The summed E-state index contributed by atoms with van der Waals surface area (Å²) in [5.41, 5.74) is 1.96. The first kappa shape index (κ1) is 12.0. The molecule has 0 radical (unpaired) electrons. The number of anilines is 1. The highest BCUT2D eigenvalue weighted by Crippen LogP contribution is 2.35. The Labute approximate surface area is 85.9 Å². The van der Waals surface area contributed by atoms with Gasteiger partial charge in [-0.3, -0.25) is 0 Å². The van der Waals surface area contributed by atoms with Gasteiger partial charge < -0.3 is 5.73 Å². The molecular formula is C7H4ClF5N2. The van der Waals surface area contributed by atoms with E-state index in [0.717, 1.165) is 0 Å². The number of hydrogen-bond acceptors (Lipinski definition) is 2. The number of nitrogens with two attached hydrogens (primary N) is 1. The molecule has 1 heterocycles. The second-order valence-electron chi connectivity index (χ2n) is 2.60. The van der Waals surface area contributed by atoms with E-state index in [0.29, 0.717) is 0 Å². The molecule has 2 nitrogen and oxygen atoms in total. The Morgan fingerprint density at radius 2 is 1.87 bits per heavy atom. The largest absolute Gasteiger partial charge is 0.433 e. The third kappa shape index (κ3) is 2.47. The maximum atomic E-state index is 12.2. The molecule has 0 spiro atoms. The van der Waals surface area contributed by atoms with Crippen LogP contribution in [0.4, 0.5) is 27.6 Å². The zero-order chi connectivity index (χ0) is 11.8. The van der Waals surface area contributed by atoms with Gasteiger partial charge in [-0.25, -0.2) is 13.8 Å². The van der Waals surface area contributed by atoms with E-state index in [2.05, 4.69) is 4.98 Å². The molecule has 0 aromatic carbocycles. The lowest BCUT2D eigenvalue weighted by Gasteiger charge is -2.11. The lowest BCUT2D eigenvalue weighted by molar-refractivity contribution is -0.141. The highest BCUT2D eigenvalue weighted by Gasteiger charge is 2.34. The minimum absolute atomic E-state index is 0.186. The van der Waals surface area contributed by atoms with Gasteiger partial charge in [-0.15, -0.1) is 0 Å². The monoisotopic (exact) mass is 246 g/mol. The first-order valence-electron chi connectivity index (χ1n) is 3.54. The van der Waals surface area contributed by atoms with Gasteiger partial charge in [-0.2, -0.15) is 13.2 Å². The Morgan fingerprint density at radius 1 is 1.33 bits per heavy atom. The molecule has 8 heteroatoms. The quantitative estimate of drug-likeness (QED) is 0.610. The molecular weight excluding hydrogens is 243 g/mol. The molecule has 0 fully saturated rings. The molecule has 84 valence electrons. The number of alkyl halides is 5. The van der Waals surface area contributed by atoms with Gasteiger partial charge in [0.15, 0.2) is 5.15 Å². The number of halogens is 6. The summed E-state index contributed by atoms with van der Waals surface area (Å²) >= 11 is 5.20. The Kier molecular flexibility index (Phi) is 3.03. The van der Waals surface area contributed by atoms with Crippen LogP contribution in [0.1, 0.15) is 17.7 Å². The van der Waals surface area contributed by atoms with Crippen molar-refractivity contribution in [3.8, 4) is 0 Å². The number of nitrogen functional groups attached to an aromatic ring is 1. The maximum Gasteiger partial charge on any atom is 0.433 e. The maximum absolute atomic E-state index is 12.2. The molecule has 0 aliphatic rings. The Balaban J connectivity index is 3.36. The van der Waals surface area contributed by atoms with E-state index in [1.54, 1.807) is 0 Å². The van der Waals surface area contributed by atoms with Crippen LogP contribution < -0.4 is 5.73 Å². The van der Waals surface area contributed by atoms with Crippen molar-refractivity contribution < 1.29 is 22.0 Å². The second-order valence-corrected chi connectivity index (χ2v) is 2.96. The van der Waals surface area contributed by atoms with Gasteiger partial charge in [-0.05, 0) is 6.07 Å². The zero-order valence-corrected chi connectivity index (χ0v) is 7.70. The van der Waals surface area contributed by atoms with Crippen LogP contribution >= 0.6 is 11.6 Å². The van der Waals surface area contributed by atoms with Crippen LogP contribution in [-0.2, 0) is 6.18 Å². The van der Waals surface area contributed by atoms with E-state index in [9.17, 15) is 22.0 Å². The summed E-state index contributed by atoms with van der Waals surface area (Å²) in [6, 6.07) is 0.186. The molecule has 0 unspecified atom stereocenters. The predicted octanol–water partition coefficient (Wildman–Crippen LogP) is 3.27. The third-order valence-electron chi connectivity index (χ3n) is 1.57. The molecule has 0 saturated carbocycles. The topological polar surface area (TPSA) is 38.9 Å². The van der Waals surface area contributed by atoms with Crippen LogP contribution in [0, 0.1) is 0 Å². The van der Waals surface area contributed by atoms with Crippen molar-refractivity contribution in [2.45, 2.75) is 12.6 Å². The Morgan fingerprint density at radius 3 is 2.27 bits per heavy atom. The molecule has 0 atom stereocenters. The molecule has 1 aromatic heterocycles. The van der Waals surface area contributed by atoms with Crippen LogP contribution in [0.3, 0.4) is 0 Å². The van der Waals surface area contributed by atoms with E-state index < -0.39 is 34.7 Å². The Bertz CT molecular complexity index is 376. The summed E-state index contributed by atoms with van der Waals surface area (Å²) in [4.78, 5) is 2.87. The first-order chi connectivity index (χ1) is 6.73. The number of pyridine rings is 1. The van der Waals surface area contributed by atoms with E-state index in [1.165, 1.54) is 0 Å². The SMILES string of the molecule is Nc1c(C(F)F)cc(C(F)(F)F)nc1Cl. The van der Waals surface area contributed by atoms with Crippen molar-refractivity contribution in [1.82, 2.24) is 4.98 Å². The molecule has 0 saturated heterocycles. The molecule has 2 N–H and O–H groups in total. The predicted molar refractivity (Wildman–Crippen MR) is 43.6 cm³/mol. The van der Waals surface area contributed by atoms with Crippen molar-refractivity contribution in [3.05, 3.63) is 22.5 Å². The fourth-order valence-corrected chi connectivity index (χ4v) is 1.07. The van der Waals surface area contributed by atoms with Gasteiger partial charge in [-0.1, -0.05) is 11.6 Å². The second kappa shape index (κ2) is 3.80. The third-order valence-corrected chi connectivity index (χ3v) is 1.86. The van der Waals surface area contributed by atoms with Gasteiger partial charge >= 0.3 is 6.18 Å². The van der Waals surface area contributed by atoms with Crippen LogP contribution in [0.5, 0.6) is 0 Å². The van der Waals surface area contributed by atoms with E-state index in [1.807, 2.05) is 0 Å². The minimum Gasteiger partial charge on any atom is -0.396 e. The average molecular weight is 247 g/mol. The summed E-state index contributed by atoms with van der Waals surface area (Å²) in [6.07, 6.45) is -7.97. The molecule has 0 bridgehead atoms. The summed E-state index contributed by atoms with van der Waals surface area (Å²) in [6.45, 7) is 0. The first-order valence-corrected chi connectivity index (χ1v) is 3.92. The molecule has 0 amide bonds. The van der Waals surface area contributed by atoms with E-state index in [-0.39, 0.29) is 6.07 Å². The lowest BCUT2D eigenvalue weighted by Crippen LogP contribution is -2.11. The highest BCUT2D eigenvalue weighted by atomic mass is 35.5. The molecule has 0 aliphatic carbocycles. The molecule has 1 rings (SSSR count). The van der Waals surface area contributed by atoms with Crippen molar-refractivity contribution in [2.75, 3.05) is 5.73 Å². The van der Waals surface area contributed by atoms with Crippen molar-refractivity contribution in [3.63, 3.8) is 0 Å². The van der Waals surface area contributed by atoms with E-state index >= 15 is 0 Å². The van der Waals surface area contributed by atoms with Crippen molar-refractivity contribution >= 4 is 17.3 Å². The lowest BCUT2D eigenvalue weighted by atomic mass is 10.2. The zero-order valence-electron chi connectivity index (χ0n) is 6.95. The van der Waals surface area contributed by atoms with Gasteiger partial charge in [0, 0.05) is 5.56 Å². The molecule has 0 aliphatic heterocycles. The normalized spacial score (nSPS) is 12.2. The Hall–Kier alpha value is -1.11. The fourth-order valence-electron chi connectivity index (χ4n) is 0.868. The highest BCUT2D eigenvalue weighted by molar-refractivity contribution is 6.32.